The van der Waals surface area contributed by atoms with Gasteiger partial charge in [0.05, 0.1) is 6.04 Å². The lowest BCUT2D eigenvalue weighted by atomic mass is 9.88. The molecule has 2 aliphatic heterocycles. The van der Waals surface area contributed by atoms with Crippen LogP contribution in [0, 0.1) is 11.7 Å². The molecule has 3 aromatic rings. The first-order valence-electron chi connectivity index (χ1n) is 15.4. The number of hydrogen-bond acceptors (Lipinski definition) is 7. The molecular formula is C34H43Cl2FN4O3S. The fraction of sp³-hybridized carbons (Fsp3) is 0.441. The summed E-state index contributed by atoms with van der Waals surface area (Å²) in [5, 5.41) is 20.5. The van der Waals surface area contributed by atoms with Gasteiger partial charge in [-0.15, -0.1) is 24.2 Å². The monoisotopic (exact) mass is 676 g/mol. The molecule has 244 valence electrons. The molecule has 2 fully saturated rings. The summed E-state index contributed by atoms with van der Waals surface area (Å²) in [6.45, 7) is 8.29. The third kappa shape index (κ3) is 9.27. The summed E-state index contributed by atoms with van der Waals surface area (Å²) < 4.78 is 14.0. The SMILES string of the molecule is CCSc1ccc(O)cc1CN1CCN(C(=O)[C@H](N)C2CCN(CCc3cc(Cl)ccc3-c3cc(O)cc(F)c3)CC2)CC1.Cl. The van der Waals surface area contributed by atoms with Crippen molar-refractivity contribution >= 4 is 41.7 Å². The number of phenolic OH excluding ortho intramolecular Hbond substituents is 2. The second-order valence-electron chi connectivity index (χ2n) is 11.8. The van der Waals surface area contributed by atoms with Crippen molar-refractivity contribution in [1.29, 1.82) is 0 Å². The lowest BCUT2D eigenvalue weighted by molar-refractivity contribution is -0.136. The van der Waals surface area contributed by atoms with Crippen LogP contribution < -0.4 is 5.73 Å². The second kappa shape index (κ2) is 16.3. The molecule has 0 aromatic heterocycles. The number of aromatic hydroxyl groups is 2. The maximum Gasteiger partial charge on any atom is 0.239 e. The molecule has 7 nitrogen and oxygen atoms in total. The minimum Gasteiger partial charge on any atom is -0.508 e. The number of amides is 1. The van der Waals surface area contributed by atoms with Gasteiger partial charge in [0, 0.05) is 55.3 Å². The summed E-state index contributed by atoms with van der Waals surface area (Å²) in [4.78, 5) is 21.2. The third-order valence-electron chi connectivity index (χ3n) is 8.81. The molecule has 0 saturated carbocycles. The Morgan fingerprint density at radius 3 is 2.38 bits per heavy atom. The summed E-state index contributed by atoms with van der Waals surface area (Å²) in [6, 6.07) is 14.7. The number of benzene rings is 3. The van der Waals surface area contributed by atoms with Crippen molar-refractivity contribution in [2.24, 2.45) is 11.7 Å². The highest BCUT2D eigenvalue weighted by atomic mass is 35.5. The number of halogens is 3. The number of thioether (sulfide) groups is 1. The molecule has 5 rings (SSSR count). The molecule has 0 radical (unpaired) electrons. The zero-order valence-corrected chi connectivity index (χ0v) is 28.0. The average molecular weight is 678 g/mol. The van der Waals surface area contributed by atoms with Crippen molar-refractivity contribution in [3.8, 4) is 22.6 Å². The summed E-state index contributed by atoms with van der Waals surface area (Å²) in [5.41, 5.74) is 10.2. The van der Waals surface area contributed by atoms with E-state index < -0.39 is 11.9 Å². The van der Waals surface area contributed by atoms with Gasteiger partial charge in [-0.25, -0.2) is 4.39 Å². The normalized spacial score (nSPS) is 17.2. The number of phenols is 2. The molecule has 0 spiro atoms. The van der Waals surface area contributed by atoms with E-state index in [1.165, 1.54) is 11.0 Å². The summed E-state index contributed by atoms with van der Waals surface area (Å²) >= 11 is 8.08. The zero-order chi connectivity index (χ0) is 31.2. The number of piperazine rings is 1. The third-order valence-corrected chi connectivity index (χ3v) is 10.0. The van der Waals surface area contributed by atoms with Crippen molar-refractivity contribution in [1.82, 2.24) is 14.7 Å². The molecule has 3 aromatic carbocycles. The first kappa shape index (κ1) is 35.3. The predicted octanol–water partition coefficient (Wildman–Crippen LogP) is 6.02. The first-order valence-corrected chi connectivity index (χ1v) is 16.8. The molecule has 0 unspecified atom stereocenters. The van der Waals surface area contributed by atoms with Crippen LogP contribution in [0.1, 0.15) is 30.9 Å². The van der Waals surface area contributed by atoms with Gasteiger partial charge in [0.1, 0.15) is 17.3 Å². The molecule has 11 heteroatoms. The summed E-state index contributed by atoms with van der Waals surface area (Å²) in [7, 11) is 0. The first-order chi connectivity index (χ1) is 21.2. The van der Waals surface area contributed by atoms with Crippen LogP contribution in [-0.4, -0.2) is 88.4 Å². The van der Waals surface area contributed by atoms with E-state index in [1.807, 2.05) is 29.2 Å². The van der Waals surface area contributed by atoms with Gasteiger partial charge in [-0.1, -0.05) is 24.6 Å². The summed E-state index contributed by atoms with van der Waals surface area (Å²) in [5.74, 6) is 0.862. The van der Waals surface area contributed by atoms with Gasteiger partial charge in [-0.2, -0.15) is 0 Å². The van der Waals surface area contributed by atoms with Gasteiger partial charge in [0.2, 0.25) is 5.91 Å². The van der Waals surface area contributed by atoms with Crippen LogP contribution in [0.5, 0.6) is 11.5 Å². The van der Waals surface area contributed by atoms with Crippen LogP contribution in [0.4, 0.5) is 4.39 Å². The number of nitrogens with two attached hydrogens (primary N) is 1. The molecule has 4 N–H and O–H groups in total. The number of likely N-dealkylation sites (tertiary alicyclic amines) is 1. The molecule has 0 bridgehead atoms. The highest BCUT2D eigenvalue weighted by Gasteiger charge is 2.33. The standard InChI is InChI=1S/C34H42ClFN4O3S.ClH/c1-2-44-32-6-4-29(41)20-26(32)22-39-13-15-40(16-14-39)34(43)33(37)23-7-10-38(11-8-23)12-9-24-17-27(35)3-5-31(24)25-18-28(36)21-30(42)19-25;/h3-6,17-21,23,33,41-42H,2,7-16,22,37H2,1H3;1H/t33-;/m1./s1. The minimum absolute atomic E-state index is 0. The van der Waals surface area contributed by atoms with Crippen molar-refractivity contribution in [2.75, 3.05) is 51.6 Å². The van der Waals surface area contributed by atoms with Crippen LogP contribution in [0.25, 0.3) is 11.1 Å². The smallest absolute Gasteiger partial charge is 0.239 e. The molecule has 45 heavy (non-hydrogen) atoms. The van der Waals surface area contributed by atoms with Gasteiger partial charge in [0.15, 0.2) is 0 Å². The van der Waals surface area contributed by atoms with Crippen LogP contribution >= 0.6 is 35.8 Å². The molecule has 0 aliphatic carbocycles. The Morgan fingerprint density at radius 1 is 0.956 bits per heavy atom. The van der Waals surface area contributed by atoms with E-state index in [-0.39, 0.29) is 35.7 Å². The quantitative estimate of drug-likeness (QED) is 0.226. The van der Waals surface area contributed by atoms with Crippen LogP contribution in [0.15, 0.2) is 59.5 Å². The molecule has 2 heterocycles. The maximum absolute atomic E-state index is 14.0. The van der Waals surface area contributed by atoms with Gasteiger partial charge in [-0.3, -0.25) is 9.69 Å². The number of nitrogens with zero attached hydrogens (tertiary/aromatic N) is 3. The number of carbonyl (C=O) groups excluding carboxylic acids is 1. The van der Waals surface area contributed by atoms with E-state index in [0.717, 1.165) is 87.0 Å². The minimum atomic E-state index is -0.498. The zero-order valence-electron chi connectivity index (χ0n) is 25.6. The van der Waals surface area contributed by atoms with E-state index in [2.05, 4.69) is 16.7 Å². The van der Waals surface area contributed by atoms with Crippen molar-refractivity contribution in [2.45, 2.75) is 43.7 Å². The lowest BCUT2D eigenvalue weighted by Gasteiger charge is -2.39. The Hall–Kier alpha value is -2.53. The Bertz CT molecular complexity index is 1430. The van der Waals surface area contributed by atoms with E-state index >= 15 is 0 Å². The molecular weight excluding hydrogens is 634 g/mol. The molecule has 2 aliphatic rings. The molecule has 1 amide bonds. The Labute approximate surface area is 280 Å². The molecule has 2 saturated heterocycles. The number of carbonyl (C=O) groups is 1. The van der Waals surface area contributed by atoms with Gasteiger partial charge >= 0.3 is 0 Å². The van der Waals surface area contributed by atoms with Crippen molar-refractivity contribution in [3.05, 3.63) is 76.6 Å². The predicted molar refractivity (Wildman–Crippen MR) is 183 cm³/mol. The fourth-order valence-corrected chi connectivity index (χ4v) is 7.34. The van der Waals surface area contributed by atoms with Crippen molar-refractivity contribution < 1.29 is 19.4 Å². The van der Waals surface area contributed by atoms with Gasteiger partial charge < -0.3 is 25.7 Å². The Morgan fingerprint density at radius 2 is 1.69 bits per heavy atom. The lowest BCUT2D eigenvalue weighted by Crippen LogP contribution is -2.55. The molecule has 1 atom stereocenters. The van der Waals surface area contributed by atoms with E-state index in [1.54, 1.807) is 30.0 Å². The number of rotatable bonds is 10. The fourth-order valence-electron chi connectivity index (χ4n) is 6.36. The van der Waals surface area contributed by atoms with Crippen molar-refractivity contribution in [3.63, 3.8) is 0 Å². The number of hydrogen-bond donors (Lipinski definition) is 3. The average Bonchev–Trinajstić information content (AvgIpc) is 3.01. The van der Waals surface area contributed by atoms with Crippen LogP contribution in [0.3, 0.4) is 0 Å². The highest BCUT2D eigenvalue weighted by Crippen LogP contribution is 2.31. The topological polar surface area (TPSA) is 93.3 Å². The van der Waals surface area contributed by atoms with Gasteiger partial charge in [-0.05, 0) is 109 Å². The maximum atomic E-state index is 14.0. The summed E-state index contributed by atoms with van der Waals surface area (Å²) in [6.07, 6.45) is 2.46. The van der Waals surface area contributed by atoms with E-state index in [9.17, 15) is 19.4 Å². The Kier molecular flexibility index (Phi) is 12.8. The largest absolute Gasteiger partial charge is 0.508 e. The van der Waals surface area contributed by atoms with E-state index in [0.29, 0.717) is 23.7 Å². The number of piperidine rings is 1. The van der Waals surface area contributed by atoms with Crippen LogP contribution in [-0.2, 0) is 17.8 Å². The van der Waals surface area contributed by atoms with Gasteiger partial charge in [0.25, 0.3) is 0 Å². The van der Waals surface area contributed by atoms with E-state index in [4.69, 9.17) is 17.3 Å². The highest BCUT2D eigenvalue weighted by molar-refractivity contribution is 7.99. The Balaban J connectivity index is 0.00000461. The van der Waals surface area contributed by atoms with Crippen LogP contribution in [0.2, 0.25) is 5.02 Å². The second-order valence-corrected chi connectivity index (χ2v) is 13.5.